The van der Waals surface area contributed by atoms with E-state index in [9.17, 15) is 8.42 Å². The molecule has 1 fully saturated rings. The van der Waals surface area contributed by atoms with Crippen LogP contribution in [0.25, 0.3) is 0 Å². The molecular weight excluding hydrogens is 352 g/mol. The highest BCUT2D eigenvalue weighted by Gasteiger charge is 2.20. The van der Waals surface area contributed by atoms with Crippen LogP contribution >= 0.6 is 15.9 Å². The van der Waals surface area contributed by atoms with E-state index in [-0.39, 0.29) is 15.9 Å². The van der Waals surface area contributed by atoms with Gasteiger partial charge in [-0.05, 0) is 41.6 Å². The molecule has 0 spiro atoms. The number of hydrogen-bond donors (Lipinski definition) is 1. The lowest BCUT2D eigenvalue weighted by Gasteiger charge is -2.22. The molecule has 0 saturated carbocycles. The number of aryl methyl sites for hydroxylation is 1. The summed E-state index contributed by atoms with van der Waals surface area (Å²) in [7, 11) is -4.29. The number of aromatic nitrogens is 2. The third-order valence-electron chi connectivity index (χ3n) is 2.97. The first-order valence-corrected chi connectivity index (χ1v) is 8.63. The Kier molecular flexibility index (Phi) is 5.56. The van der Waals surface area contributed by atoms with Crippen molar-refractivity contribution in [2.24, 2.45) is 0 Å². The van der Waals surface area contributed by atoms with Crippen LogP contribution in [0.5, 0.6) is 0 Å². The maximum Gasteiger partial charge on any atom is 0.314 e. The molecule has 2 heterocycles. The van der Waals surface area contributed by atoms with E-state index >= 15 is 0 Å². The Bertz CT molecular complexity index is 539. The molecule has 7 nitrogen and oxygen atoms in total. The van der Waals surface area contributed by atoms with Crippen LogP contribution in [-0.2, 0) is 26.1 Å². The largest absolute Gasteiger partial charge is 0.353 e. The van der Waals surface area contributed by atoms with Gasteiger partial charge in [0.2, 0.25) is 5.03 Å². The molecule has 0 radical (unpaired) electrons. The molecular formula is C11H17BrN2O5S. The minimum atomic E-state index is -4.29. The van der Waals surface area contributed by atoms with E-state index in [1.807, 2.05) is 0 Å². The zero-order valence-corrected chi connectivity index (χ0v) is 13.3. The van der Waals surface area contributed by atoms with Gasteiger partial charge < -0.3 is 14.0 Å². The molecule has 1 aromatic heterocycles. The van der Waals surface area contributed by atoms with Crippen LogP contribution in [0.2, 0.25) is 0 Å². The minimum absolute atomic E-state index is 0.122. The molecule has 1 unspecified atom stereocenters. The van der Waals surface area contributed by atoms with Gasteiger partial charge in [0.05, 0.1) is 12.9 Å². The summed E-state index contributed by atoms with van der Waals surface area (Å²) < 4.78 is 43.8. The molecule has 20 heavy (non-hydrogen) atoms. The van der Waals surface area contributed by atoms with Gasteiger partial charge in [0.1, 0.15) is 4.60 Å². The van der Waals surface area contributed by atoms with Gasteiger partial charge in [0.25, 0.3) is 0 Å². The van der Waals surface area contributed by atoms with Crippen molar-refractivity contribution < 1.29 is 22.4 Å². The summed E-state index contributed by atoms with van der Waals surface area (Å²) in [5.41, 5.74) is 0. The maximum absolute atomic E-state index is 11.0. The quantitative estimate of drug-likeness (QED) is 0.608. The van der Waals surface area contributed by atoms with Crippen molar-refractivity contribution in [3.8, 4) is 0 Å². The summed E-state index contributed by atoms with van der Waals surface area (Å²) in [4.78, 5) is 3.67. The first-order valence-electron chi connectivity index (χ1n) is 6.40. The molecule has 114 valence electrons. The van der Waals surface area contributed by atoms with Crippen LogP contribution in [0.1, 0.15) is 25.7 Å². The molecule has 2 rings (SSSR count). The lowest BCUT2D eigenvalue weighted by Crippen LogP contribution is -2.23. The molecule has 1 aliphatic rings. The SMILES string of the molecule is O=S(=O)(O)c1ncn(CCCOC2CCCCO2)c1Br. The predicted molar refractivity (Wildman–Crippen MR) is 73.9 cm³/mol. The molecule has 0 aliphatic carbocycles. The molecule has 0 amide bonds. The Balaban J connectivity index is 1.78. The average molecular weight is 369 g/mol. The number of halogens is 1. The van der Waals surface area contributed by atoms with Crippen LogP contribution in [-0.4, -0.2) is 42.0 Å². The second kappa shape index (κ2) is 6.99. The van der Waals surface area contributed by atoms with Gasteiger partial charge in [-0.15, -0.1) is 0 Å². The standard InChI is InChI=1S/C11H17BrN2O5S/c12-10-11(20(15,16)17)13-8-14(10)5-3-7-19-9-4-1-2-6-18-9/h8-9H,1-7H2,(H,15,16,17). The van der Waals surface area contributed by atoms with Crippen molar-refractivity contribution >= 4 is 26.0 Å². The van der Waals surface area contributed by atoms with E-state index < -0.39 is 10.1 Å². The van der Waals surface area contributed by atoms with Crippen LogP contribution in [0.3, 0.4) is 0 Å². The van der Waals surface area contributed by atoms with Crippen LogP contribution in [0, 0.1) is 0 Å². The number of nitrogens with zero attached hydrogens (tertiary/aromatic N) is 2. The summed E-state index contributed by atoms with van der Waals surface area (Å²) >= 11 is 3.11. The first-order chi connectivity index (χ1) is 9.48. The van der Waals surface area contributed by atoms with Crippen LogP contribution < -0.4 is 0 Å². The van der Waals surface area contributed by atoms with E-state index in [2.05, 4.69) is 20.9 Å². The Labute approximate surface area is 126 Å². The van der Waals surface area contributed by atoms with Gasteiger partial charge in [0, 0.05) is 13.2 Å². The molecule has 1 aliphatic heterocycles. The Morgan fingerprint density at radius 3 is 2.95 bits per heavy atom. The van der Waals surface area contributed by atoms with Gasteiger partial charge in [0.15, 0.2) is 6.29 Å². The number of rotatable bonds is 6. The van der Waals surface area contributed by atoms with Crippen molar-refractivity contribution in [1.29, 1.82) is 0 Å². The summed E-state index contributed by atoms with van der Waals surface area (Å²) in [6.45, 7) is 1.81. The lowest BCUT2D eigenvalue weighted by atomic mass is 10.2. The fraction of sp³-hybridized carbons (Fsp3) is 0.727. The third kappa shape index (κ3) is 4.26. The number of ether oxygens (including phenoxy) is 2. The van der Waals surface area contributed by atoms with E-state index in [4.69, 9.17) is 14.0 Å². The second-order valence-electron chi connectivity index (χ2n) is 4.53. The third-order valence-corrected chi connectivity index (χ3v) is 4.85. The van der Waals surface area contributed by atoms with Gasteiger partial charge in [-0.25, -0.2) is 4.98 Å². The normalized spacial score (nSPS) is 20.2. The molecule has 1 aromatic rings. The summed E-state index contributed by atoms with van der Waals surface area (Å²) in [6, 6.07) is 0. The van der Waals surface area contributed by atoms with Crippen molar-refractivity contribution in [1.82, 2.24) is 9.55 Å². The number of hydrogen-bond acceptors (Lipinski definition) is 5. The molecule has 1 saturated heterocycles. The Morgan fingerprint density at radius 1 is 1.55 bits per heavy atom. The van der Waals surface area contributed by atoms with Crippen LogP contribution in [0.4, 0.5) is 0 Å². The molecule has 0 aromatic carbocycles. The van der Waals surface area contributed by atoms with Crippen molar-refractivity contribution in [3.63, 3.8) is 0 Å². The fourth-order valence-corrected chi connectivity index (χ4v) is 3.47. The van der Waals surface area contributed by atoms with Gasteiger partial charge >= 0.3 is 10.1 Å². The highest BCUT2D eigenvalue weighted by molar-refractivity contribution is 9.10. The Morgan fingerprint density at radius 2 is 2.35 bits per heavy atom. The monoisotopic (exact) mass is 368 g/mol. The minimum Gasteiger partial charge on any atom is -0.353 e. The maximum atomic E-state index is 11.0. The molecule has 9 heteroatoms. The number of imidazole rings is 1. The lowest BCUT2D eigenvalue weighted by molar-refractivity contribution is -0.163. The topological polar surface area (TPSA) is 90.7 Å². The zero-order chi connectivity index (χ0) is 14.6. The predicted octanol–water partition coefficient (Wildman–Crippen LogP) is 1.83. The van der Waals surface area contributed by atoms with Crippen molar-refractivity contribution in [2.45, 2.75) is 43.5 Å². The van der Waals surface area contributed by atoms with Crippen molar-refractivity contribution in [2.75, 3.05) is 13.2 Å². The smallest absolute Gasteiger partial charge is 0.314 e. The highest BCUT2D eigenvalue weighted by atomic mass is 79.9. The van der Waals surface area contributed by atoms with E-state index in [0.29, 0.717) is 19.6 Å². The summed E-state index contributed by atoms with van der Waals surface area (Å²) in [6.07, 6.45) is 5.06. The summed E-state index contributed by atoms with van der Waals surface area (Å²) in [5, 5.41) is -0.367. The second-order valence-corrected chi connectivity index (χ2v) is 6.62. The van der Waals surface area contributed by atoms with Gasteiger partial charge in [-0.2, -0.15) is 8.42 Å². The van der Waals surface area contributed by atoms with E-state index in [1.54, 1.807) is 4.57 Å². The molecule has 0 bridgehead atoms. The highest BCUT2D eigenvalue weighted by Crippen LogP contribution is 2.20. The van der Waals surface area contributed by atoms with Gasteiger partial charge in [-0.1, -0.05) is 0 Å². The molecule has 1 atom stereocenters. The first kappa shape index (κ1) is 15.9. The zero-order valence-electron chi connectivity index (χ0n) is 10.9. The Hall–Kier alpha value is -0.480. The van der Waals surface area contributed by atoms with Gasteiger partial charge in [-0.3, -0.25) is 4.55 Å². The van der Waals surface area contributed by atoms with E-state index in [1.165, 1.54) is 6.33 Å². The molecule has 1 N–H and O–H groups in total. The summed E-state index contributed by atoms with van der Waals surface area (Å²) in [5.74, 6) is 0. The van der Waals surface area contributed by atoms with Crippen molar-refractivity contribution in [3.05, 3.63) is 10.9 Å². The fourth-order valence-electron chi connectivity index (χ4n) is 1.97. The average Bonchev–Trinajstić information content (AvgIpc) is 2.77. The van der Waals surface area contributed by atoms with Crippen LogP contribution in [0.15, 0.2) is 16.0 Å². The van der Waals surface area contributed by atoms with E-state index in [0.717, 1.165) is 25.9 Å².